The number of fused-ring (bicyclic) bond motifs is 1. The van der Waals surface area contributed by atoms with Crippen molar-refractivity contribution in [1.82, 2.24) is 10.0 Å². The van der Waals surface area contributed by atoms with Crippen LogP contribution in [-0.2, 0) is 27.7 Å². The lowest BCUT2D eigenvalue weighted by atomic mass is 9.92. The van der Waals surface area contributed by atoms with Gasteiger partial charge in [0.25, 0.3) is 0 Å². The van der Waals surface area contributed by atoms with Crippen LogP contribution in [0.3, 0.4) is 0 Å². The zero-order chi connectivity index (χ0) is 27.3. The second-order valence-corrected chi connectivity index (χ2v) is 11.6. The summed E-state index contributed by atoms with van der Waals surface area (Å²) < 4.78 is 27.9. The van der Waals surface area contributed by atoms with Gasteiger partial charge in [0, 0.05) is 18.9 Å². The van der Waals surface area contributed by atoms with Gasteiger partial charge in [-0.3, -0.25) is 4.79 Å². The van der Waals surface area contributed by atoms with E-state index in [9.17, 15) is 28.5 Å². The molecule has 1 amide bonds. The second-order valence-electron chi connectivity index (χ2n) is 9.83. The van der Waals surface area contributed by atoms with Crippen LogP contribution in [0, 0.1) is 5.92 Å². The van der Waals surface area contributed by atoms with E-state index in [0.717, 1.165) is 16.7 Å². The van der Waals surface area contributed by atoms with E-state index in [1.165, 1.54) is 24.3 Å². The Hall–Kier alpha value is -3.08. The predicted octanol–water partition coefficient (Wildman–Crippen LogP) is 2.40. The lowest BCUT2D eigenvalue weighted by molar-refractivity contribution is -0.127. The van der Waals surface area contributed by atoms with Gasteiger partial charge in [0.15, 0.2) is 0 Å². The maximum absolute atomic E-state index is 13.4. The quantitative estimate of drug-likeness (QED) is 0.254. The fourth-order valence-electron chi connectivity index (χ4n) is 4.83. The summed E-state index contributed by atoms with van der Waals surface area (Å²) in [5.41, 5.74) is 3.36. The number of carbonyl (C=O) groups is 1. The first-order chi connectivity index (χ1) is 18.1. The summed E-state index contributed by atoms with van der Waals surface area (Å²) in [5.74, 6) is -0.965. The van der Waals surface area contributed by atoms with Crippen molar-refractivity contribution in [2.75, 3.05) is 6.54 Å². The van der Waals surface area contributed by atoms with E-state index < -0.39 is 40.3 Å². The summed E-state index contributed by atoms with van der Waals surface area (Å²) in [6.07, 6.45) is -1.76. The third kappa shape index (κ3) is 6.86. The van der Waals surface area contributed by atoms with Gasteiger partial charge in [0.1, 0.15) is 0 Å². The molecule has 1 unspecified atom stereocenters. The van der Waals surface area contributed by atoms with Gasteiger partial charge in [-0.2, -0.15) is 0 Å². The minimum Gasteiger partial charge on any atom is -0.392 e. The molecule has 9 heteroatoms. The van der Waals surface area contributed by atoms with Gasteiger partial charge in [0.2, 0.25) is 15.9 Å². The number of aliphatic hydroxyl groups excluding tert-OH is 3. The zero-order valence-electron chi connectivity index (χ0n) is 21.2. The summed E-state index contributed by atoms with van der Waals surface area (Å²) >= 11 is 0. The van der Waals surface area contributed by atoms with Crippen LogP contribution >= 0.6 is 0 Å². The topological polar surface area (TPSA) is 136 Å². The van der Waals surface area contributed by atoms with Crippen LogP contribution in [0.15, 0.2) is 83.8 Å². The lowest BCUT2D eigenvalue weighted by Gasteiger charge is -2.24. The third-order valence-electron chi connectivity index (χ3n) is 6.94. The molecule has 0 saturated carbocycles. The van der Waals surface area contributed by atoms with Crippen LogP contribution in [0.2, 0.25) is 0 Å². The molecule has 5 atom stereocenters. The minimum absolute atomic E-state index is 0.0153. The average Bonchev–Trinajstić information content (AvgIpc) is 3.22. The molecule has 0 spiro atoms. The second kappa shape index (κ2) is 12.2. The Bertz CT molecular complexity index is 1330. The molecular weight excluding hydrogens is 504 g/mol. The Kier molecular flexibility index (Phi) is 8.96. The van der Waals surface area contributed by atoms with Crippen LogP contribution < -0.4 is 10.0 Å². The van der Waals surface area contributed by atoms with Crippen molar-refractivity contribution in [2.45, 2.75) is 55.4 Å². The molecule has 3 aromatic rings. The number of nitrogens with one attached hydrogen (secondary N) is 2. The summed E-state index contributed by atoms with van der Waals surface area (Å²) in [6.45, 7) is 1.32. The third-order valence-corrected chi connectivity index (χ3v) is 8.38. The molecule has 3 aromatic carbocycles. The van der Waals surface area contributed by atoms with Crippen molar-refractivity contribution in [3.05, 3.63) is 101 Å². The van der Waals surface area contributed by atoms with Gasteiger partial charge >= 0.3 is 0 Å². The van der Waals surface area contributed by atoms with Crippen LogP contribution in [0.25, 0.3) is 0 Å². The number of carbonyl (C=O) groups excluding carboxylic acids is 1. The van der Waals surface area contributed by atoms with Gasteiger partial charge in [-0.15, -0.1) is 0 Å². The highest BCUT2D eigenvalue weighted by Crippen LogP contribution is 2.32. The first-order valence-corrected chi connectivity index (χ1v) is 14.2. The van der Waals surface area contributed by atoms with Crippen LogP contribution in [0.5, 0.6) is 0 Å². The number of hydrogen-bond donors (Lipinski definition) is 5. The van der Waals surface area contributed by atoms with Crippen molar-refractivity contribution in [3.63, 3.8) is 0 Å². The Morgan fingerprint density at radius 2 is 1.63 bits per heavy atom. The molecule has 202 valence electrons. The molecule has 0 fully saturated rings. The van der Waals surface area contributed by atoms with E-state index in [1.54, 1.807) is 6.92 Å². The van der Waals surface area contributed by atoms with E-state index in [4.69, 9.17) is 0 Å². The highest BCUT2D eigenvalue weighted by molar-refractivity contribution is 7.89. The lowest BCUT2D eigenvalue weighted by Crippen LogP contribution is -2.41. The maximum Gasteiger partial charge on any atom is 0.240 e. The SMILES string of the molecule is CC(O)c1ccc(S(=O)(=O)NC[C@@H](O)C[C@@H](Cc2ccccc2)C(=O)N[C@H]2c3ccccc3C[C@H]2O)cc1. The number of sulfonamides is 1. The standard InChI is InChI=1S/C29H34N2O6S/c1-19(32)21-11-13-25(14-12-21)38(36,37)30-18-24(33)16-23(15-20-7-3-2-4-8-20)29(35)31-28-26-10-6-5-9-22(26)17-27(28)34/h2-14,19,23-24,27-28,30,32-34H,15-18H2,1H3,(H,31,35)/t19?,23-,24+,27-,28+/m1/s1. The van der Waals surface area contributed by atoms with Gasteiger partial charge in [-0.05, 0) is 54.2 Å². The summed E-state index contributed by atoms with van der Waals surface area (Å²) in [5, 5.41) is 33.9. The fraction of sp³-hybridized carbons (Fsp3) is 0.345. The van der Waals surface area contributed by atoms with E-state index in [0.29, 0.717) is 18.4 Å². The Morgan fingerprint density at radius 3 is 2.32 bits per heavy atom. The molecule has 0 radical (unpaired) electrons. The predicted molar refractivity (Wildman–Crippen MR) is 144 cm³/mol. The Labute approximate surface area is 223 Å². The number of benzene rings is 3. The normalized spacial score (nSPS) is 19.4. The molecular formula is C29H34N2O6S. The molecule has 4 rings (SSSR count). The molecule has 0 heterocycles. The maximum atomic E-state index is 13.4. The highest BCUT2D eigenvalue weighted by atomic mass is 32.2. The molecule has 1 aliphatic carbocycles. The smallest absolute Gasteiger partial charge is 0.240 e. The molecule has 1 aliphatic rings. The molecule has 0 aromatic heterocycles. The molecule has 0 bridgehead atoms. The van der Waals surface area contributed by atoms with E-state index in [-0.39, 0.29) is 23.8 Å². The van der Waals surface area contributed by atoms with Crippen molar-refractivity contribution < 1.29 is 28.5 Å². The van der Waals surface area contributed by atoms with E-state index >= 15 is 0 Å². The zero-order valence-corrected chi connectivity index (χ0v) is 22.0. The van der Waals surface area contributed by atoms with Crippen molar-refractivity contribution in [2.24, 2.45) is 5.92 Å². The fourth-order valence-corrected chi connectivity index (χ4v) is 5.90. The molecule has 5 N–H and O–H groups in total. The first kappa shape index (κ1) is 27.9. The number of amides is 1. The van der Waals surface area contributed by atoms with Crippen LogP contribution in [0.4, 0.5) is 0 Å². The highest BCUT2D eigenvalue weighted by Gasteiger charge is 2.34. The Morgan fingerprint density at radius 1 is 0.974 bits per heavy atom. The monoisotopic (exact) mass is 538 g/mol. The molecule has 0 aliphatic heterocycles. The van der Waals surface area contributed by atoms with E-state index in [1.807, 2.05) is 54.6 Å². The number of hydrogen-bond acceptors (Lipinski definition) is 6. The summed E-state index contributed by atoms with van der Waals surface area (Å²) in [4.78, 5) is 13.4. The summed E-state index contributed by atoms with van der Waals surface area (Å²) in [7, 11) is -3.90. The summed E-state index contributed by atoms with van der Waals surface area (Å²) in [6, 6.07) is 22.3. The molecule has 0 saturated heterocycles. The van der Waals surface area contributed by atoms with Gasteiger partial charge < -0.3 is 20.6 Å². The van der Waals surface area contributed by atoms with Crippen molar-refractivity contribution >= 4 is 15.9 Å². The van der Waals surface area contributed by atoms with Gasteiger partial charge in [-0.1, -0.05) is 66.7 Å². The van der Waals surface area contributed by atoms with Gasteiger partial charge in [-0.25, -0.2) is 13.1 Å². The average molecular weight is 539 g/mol. The largest absolute Gasteiger partial charge is 0.392 e. The number of rotatable bonds is 11. The van der Waals surface area contributed by atoms with E-state index in [2.05, 4.69) is 10.0 Å². The Balaban J connectivity index is 1.43. The van der Waals surface area contributed by atoms with Crippen LogP contribution in [0.1, 0.15) is 47.7 Å². The molecule has 8 nitrogen and oxygen atoms in total. The van der Waals surface area contributed by atoms with Crippen molar-refractivity contribution in [3.8, 4) is 0 Å². The van der Waals surface area contributed by atoms with Gasteiger partial charge in [0.05, 0.1) is 29.2 Å². The number of aliphatic hydroxyl groups is 3. The first-order valence-electron chi connectivity index (χ1n) is 12.7. The van der Waals surface area contributed by atoms with Crippen LogP contribution in [-0.4, -0.2) is 48.4 Å². The minimum atomic E-state index is -3.90. The molecule has 38 heavy (non-hydrogen) atoms. The van der Waals surface area contributed by atoms with Crippen molar-refractivity contribution in [1.29, 1.82) is 0 Å².